The van der Waals surface area contributed by atoms with Crippen LogP contribution in [0.4, 0.5) is 0 Å². The van der Waals surface area contributed by atoms with E-state index in [4.69, 9.17) is 0 Å². The maximum atomic E-state index is 11.7. The summed E-state index contributed by atoms with van der Waals surface area (Å²) in [5.74, 6) is -0.221. The summed E-state index contributed by atoms with van der Waals surface area (Å²) in [4.78, 5) is 15.7. The molecule has 1 atom stereocenters. The average Bonchev–Trinajstić information content (AvgIpc) is 2.49. The fourth-order valence-electron chi connectivity index (χ4n) is 1.75. The van der Waals surface area contributed by atoms with Crippen LogP contribution in [0.15, 0.2) is 54.7 Å². The molecule has 0 aliphatic heterocycles. The number of hydrogen-bond acceptors (Lipinski definition) is 3. The van der Waals surface area contributed by atoms with Crippen LogP contribution in [0.2, 0.25) is 0 Å². The summed E-state index contributed by atoms with van der Waals surface area (Å²) in [6.45, 7) is 0.408. The van der Waals surface area contributed by atoms with Gasteiger partial charge in [0.15, 0.2) is 0 Å². The molecule has 2 aromatic rings. The molecule has 0 spiro atoms. The topological polar surface area (TPSA) is 62.2 Å². The van der Waals surface area contributed by atoms with Crippen molar-refractivity contribution in [1.82, 2.24) is 10.3 Å². The number of benzene rings is 1. The summed E-state index contributed by atoms with van der Waals surface area (Å²) >= 11 is 0. The highest BCUT2D eigenvalue weighted by Gasteiger charge is 2.09. The number of hydrogen-bond donors (Lipinski definition) is 2. The van der Waals surface area contributed by atoms with Gasteiger partial charge >= 0.3 is 0 Å². The number of pyridine rings is 1. The van der Waals surface area contributed by atoms with E-state index in [2.05, 4.69) is 10.3 Å². The minimum Gasteiger partial charge on any atom is -0.388 e. The number of carbonyl (C=O) groups is 1. The van der Waals surface area contributed by atoms with Gasteiger partial charge in [0.2, 0.25) is 0 Å². The first kappa shape index (κ1) is 13.2. The number of aliphatic hydroxyl groups excluding tert-OH is 1. The number of carbonyl (C=O) groups excluding carboxylic acids is 1. The normalized spacial score (nSPS) is 11.8. The van der Waals surface area contributed by atoms with Crippen molar-refractivity contribution >= 4 is 5.91 Å². The van der Waals surface area contributed by atoms with Crippen molar-refractivity contribution in [3.05, 3.63) is 66.0 Å². The second-order valence-corrected chi connectivity index (χ2v) is 4.19. The summed E-state index contributed by atoms with van der Waals surface area (Å²) in [5.41, 5.74) is 1.24. The molecule has 0 bridgehead atoms. The van der Waals surface area contributed by atoms with Crippen LogP contribution in [0.3, 0.4) is 0 Å². The van der Waals surface area contributed by atoms with Gasteiger partial charge in [-0.2, -0.15) is 0 Å². The fourth-order valence-corrected chi connectivity index (χ4v) is 1.75. The molecule has 2 N–H and O–H groups in total. The molecule has 1 unspecified atom stereocenters. The quantitative estimate of drug-likeness (QED) is 0.859. The van der Waals surface area contributed by atoms with Crippen molar-refractivity contribution in [2.75, 3.05) is 6.54 Å². The Kier molecular flexibility index (Phi) is 4.64. The van der Waals surface area contributed by atoms with Crippen LogP contribution < -0.4 is 5.32 Å². The third kappa shape index (κ3) is 3.89. The summed E-state index contributed by atoms with van der Waals surface area (Å²) < 4.78 is 0. The number of amides is 1. The van der Waals surface area contributed by atoms with Gasteiger partial charge in [0.25, 0.3) is 5.91 Å². The molecule has 0 aliphatic rings. The van der Waals surface area contributed by atoms with E-state index in [0.29, 0.717) is 18.7 Å². The van der Waals surface area contributed by atoms with Crippen molar-refractivity contribution in [2.45, 2.75) is 12.5 Å². The molecule has 98 valence electrons. The molecule has 4 nitrogen and oxygen atoms in total. The van der Waals surface area contributed by atoms with Crippen molar-refractivity contribution in [3.63, 3.8) is 0 Å². The van der Waals surface area contributed by atoms with E-state index in [1.165, 1.54) is 0 Å². The first-order valence-corrected chi connectivity index (χ1v) is 6.19. The maximum Gasteiger partial charge on any atom is 0.269 e. The van der Waals surface area contributed by atoms with Crippen molar-refractivity contribution < 1.29 is 9.90 Å². The minimum atomic E-state index is -0.565. The zero-order chi connectivity index (χ0) is 13.5. The number of nitrogens with one attached hydrogen (secondary N) is 1. The number of nitrogens with zero attached hydrogens (tertiary/aromatic N) is 1. The van der Waals surface area contributed by atoms with Crippen molar-refractivity contribution in [2.24, 2.45) is 0 Å². The van der Waals surface area contributed by atoms with Crippen LogP contribution in [0.25, 0.3) is 0 Å². The van der Waals surface area contributed by atoms with Crippen LogP contribution in [-0.2, 0) is 0 Å². The second kappa shape index (κ2) is 6.66. The summed E-state index contributed by atoms with van der Waals surface area (Å²) in [7, 11) is 0. The second-order valence-electron chi connectivity index (χ2n) is 4.19. The van der Waals surface area contributed by atoms with Crippen LogP contribution in [0, 0.1) is 0 Å². The van der Waals surface area contributed by atoms with E-state index in [0.717, 1.165) is 5.56 Å². The molecular formula is C15H16N2O2. The smallest absolute Gasteiger partial charge is 0.269 e. The Morgan fingerprint density at radius 1 is 1.16 bits per heavy atom. The minimum absolute atomic E-state index is 0.221. The highest BCUT2D eigenvalue weighted by atomic mass is 16.3. The predicted molar refractivity (Wildman–Crippen MR) is 72.6 cm³/mol. The molecule has 1 amide bonds. The lowest BCUT2D eigenvalue weighted by molar-refractivity contribution is 0.0937. The molecule has 0 saturated carbocycles. The van der Waals surface area contributed by atoms with Gasteiger partial charge in [0.1, 0.15) is 5.69 Å². The lowest BCUT2D eigenvalue weighted by Gasteiger charge is -2.11. The number of aliphatic hydroxyl groups is 1. The van der Waals surface area contributed by atoms with Gasteiger partial charge < -0.3 is 10.4 Å². The first-order valence-electron chi connectivity index (χ1n) is 6.19. The molecule has 4 heteroatoms. The van der Waals surface area contributed by atoms with Crippen LogP contribution >= 0.6 is 0 Å². The van der Waals surface area contributed by atoms with Gasteiger partial charge in [-0.1, -0.05) is 36.4 Å². The van der Waals surface area contributed by atoms with Crippen molar-refractivity contribution in [1.29, 1.82) is 0 Å². The molecular weight excluding hydrogens is 240 g/mol. The van der Waals surface area contributed by atoms with E-state index in [1.807, 2.05) is 30.3 Å². The third-order valence-corrected chi connectivity index (χ3v) is 2.79. The molecule has 0 radical (unpaired) electrons. The molecule has 2 rings (SSSR count). The van der Waals surface area contributed by atoms with E-state index in [-0.39, 0.29) is 5.91 Å². The first-order chi connectivity index (χ1) is 9.27. The molecule has 1 aromatic carbocycles. The maximum absolute atomic E-state index is 11.7. The largest absolute Gasteiger partial charge is 0.388 e. The Morgan fingerprint density at radius 2 is 1.89 bits per heavy atom. The SMILES string of the molecule is O=C(NCCC(O)c1ccccc1)c1ccccn1. The summed E-state index contributed by atoms with van der Waals surface area (Å²) in [5, 5.41) is 12.7. The predicted octanol–water partition coefficient (Wildman–Crippen LogP) is 1.94. The lowest BCUT2D eigenvalue weighted by Crippen LogP contribution is -2.26. The lowest BCUT2D eigenvalue weighted by atomic mass is 10.1. The van der Waals surface area contributed by atoms with Crippen LogP contribution in [0.5, 0.6) is 0 Å². The van der Waals surface area contributed by atoms with Gasteiger partial charge in [0.05, 0.1) is 6.10 Å². The molecule has 0 fully saturated rings. The Bertz CT molecular complexity index is 514. The fraction of sp³-hybridized carbons (Fsp3) is 0.200. The highest BCUT2D eigenvalue weighted by Crippen LogP contribution is 2.14. The zero-order valence-electron chi connectivity index (χ0n) is 10.5. The van der Waals surface area contributed by atoms with Crippen molar-refractivity contribution in [3.8, 4) is 0 Å². The van der Waals surface area contributed by atoms with E-state index in [9.17, 15) is 9.90 Å². The van der Waals surface area contributed by atoms with E-state index >= 15 is 0 Å². The molecule has 1 heterocycles. The van der Waals surface area contributed by atoms with E-state index in [1.54, 1.807) is 24.4 Å². The van der Waals surface area contributed by atoms with Gasteiger partial charge in [-0.15, -0.1) is 0 Å². The summed E-state index contributed by atoms with van der Waals surface area (Å²) in [6, 6.07) is 14.6. The molecule has 0 aliphatic carbocycles. The van der Waals surface area contributed by atoms with Gasteiger partial charge in [0, 0.05) is 12.7 Å². The molecule has 19 heavy (non-hydrogen) atoms. The van der Waals surface area contributed by atoms with Gasteiger partial charge in [-0.3, -0.25) is 9.78 Å². The van der Waals surface area contributed by atoms with Gasteiger partial charge in [-0.05, 0) is 24.1 Å². The van der Waals surface area contributed by atoms with Gasteiger partial charge in [-0.25, -0.2) is 0 Å². The third-order valence-electron chi connectivity index (χ3n) is 2.79. The Morgan fingerprint density at radius 3 is 2.58 bits per heavy atom. The highest BCUT2D eigenvalue weighted by molar-refractivity contribution is 5.92. The molecule has 1 aromatic heterocycles. The Labute approximate surface area is 112 Å². The standard InChI is InChI=1S/C15H16N2O2/c18-14(12-6-2-1-3-7-12)9-11-17-15(19)13-8-4-5-10-16-13/h1-8,10,14,18H,9,11H2,(H,17,19). The van der Waals surface area contributed by atoms with Crippen LogP contribution in [0.1, 0.15) is 28.6 Å². The average molecular weight is 256 g/mol. The Balaban J connectivity index is 1.79. The Hall–Kier alpha value is -2.20. The monoisotopic (exact) mass is 256 g/mol. The van der Waals surface area contributed by atoms with E-state index < -0.39 is 6.10 Å². The number of rotatable bonds is 5. The zero-order valence-corrected chi connectivity index (χ0v) is 10.5. The summed E-state index contributed by atoms with van der Waals surface area (Å²) in [6.07, 6.45) is 1.49. The number of aromatic nitrogens is 1. The molecule has 0 saturated heterocycles. The van der Waals surface area contributed by atoms with Crippen LogP contribution in [-0.4, -0.2) is 22.5 Å².